The van der Waals surface area contributed by atoms with E-state index in [1.54, 1.807) is 19.9 Å². The number of nitro groups is 1. The number of nitro benzene ring substituents is 1. The first-order chi connectivity index (χ1) is 10.7. The Bertz CT molecular complexity index is 774. The Hall–Kier alpha value is -2.96. The van der Waals surface area contributed by atoms with Gasteiger partial charge in [-0.1, -0.05) is 12.1 Å². The fourth-order valence-corrected chi connectivity index (χ4v) is 2.02. The van der Waals surface area contributed by atoms with Gasteiger partial charge in [0.25, 0.3) is 5.69 Å². The van der Waals surface area contributed by atoms with Crippen LogP contribution in [-0.4, -0.2) is 15.9 Å². The van der Waals surface area contributed by atoms with Gasteiger partial charge in [-0.25, -0.2) is 4.39 Å². The minimum Gasteiger partial charge on any atom is -0.506 e. The maximum absolute atomic E-state index is 13.3. The highest BCUT2D eigenvalue weighted by molar-refractivity contribution is 5.99. The number of benzene rings is 2. The van der Waals surface area contributed by atoms with Gasteiger partial charge in [-0.05, 0) is 37.6 Å². The summed E-state index contributed by atoms with van der Waals surface area (Å²) in [4.78, 5) is 22.6. The average Bonchev–Trinajstić information content (AvgIpc) is 2.49. The molecule has 2 rings (SSSR count). The molecule has 0 bridgehead atoms. The van der Waals surface area contributed by atoms with Crippen LogP contribution in [0.4, 0.5) is 15.8 Å². The Morgan fingerprint density at radius 2 is 1.96 bits per heavy atom. The summed E-state index contributed by atoms with van der Waals surface area (Å²) in [5.41, 5.74) is -0.991. The van der Waals surface area contributed by atoms with E-state index in [0.29, 0.717) is 5.56 Å². The lowest BCUT2D eigenvalue weighted by Gasteiger charge is -2.24. The first kappa shape index (κ1) is 16.4. The molecule has 0 spiro atoms. The molecule has 2 aromatic rings. The summed E-state index contributed by atoms with van der Waals surface area (Å²) in [6.45, 7) is 3.18. The number of hydrogen-bond acceptors (Lipinski definition) is 4. The molecule has 6 nitrogen and oxygen atoms in total. The van der Waals surface area contributed by atoms with Gasteiger partial charge in [-0.2, -0.15) is 0 Å². The molecular formula is C16H15FN2O4. The maximum Gasteiger partial charge on any atom is 0.271 e. The van der Waals surface area contributed by atoms with E-state index in [2.05, 4.69) is 5.32 Å². The largest absolute Gasteiger partial charge is 0.506 e. The lowest BCUT2D eigenvalue weighted by molar-refractivity contribution is -0.384. The SMILES string of the molecule is CC(C)(C(=O)Nc1cc([N+](=O)[O-])ccc1O)c1cccc(F)c1. The van der Waals surface area contributed by atoms with Crippen molar-refractivity contribution in [3.63, 3.8) is 0 Å². The Balaban J connectivity index is 2.31. The van der Waals surface area contributed by atoms with Gasteiger partial charge in [0.2, 0.25) is 5.91 Å². The number of non-ortho nitro benzene ring substituents is 1. The van der Waals surface area contributed by atoms with Crippen molar-refractivity contribution in [3.05, 3.63) is 64.0 Å². The summed E-state index contributed by atoms with van der Waals surface area (Å²) in [6.07, 6.45) is 0. The standard InChI is InChI=1S/C16H15FN2O4/c1-16(2,10-4-3-5-11(17)8-10)15(21)18-13-9-12(19(22)23)6-7-14(13)20/h3-9,20H,1-2H3,(H,18,21). The van der Waals surface area contributed by atoms with E-state index < -0.39 is 22.1 Å². The molecule has 0 radical (unpaired) electrons. The van der Waals surface area contributed by atoms with Crippen molar-refractivity contribution in [2.24, 2.45) is 0 Å². The predicted molar refractivity (Wildman–Crippen MR) is 82.8 cm³/mol. The van der Waals surface area contributed by atoms with E-state index >= 15 is 0 Å². The zero-order chi connectivity index (χ0) is 17.2. The van der Waals surface area contributed by atoms with Crippen LogP contribution in [0.2, 0.25) is 0 Å². The minimum atomic E-state index is -1.10. The summed E-state index contributed by atoms with van der Waals surface area (Å²) >= 11 is 0. The molecule has 0 aliphatic carbocycles. The molecule has 0 saturated carbocycles. The Kier molecular flexibility index (Phi) is 4.31. The van der Waals surface area contributed by atoms with E-state index in [4.69, 9.17) is 0 Å². The number of phenolic OH excluding ortho intramolecular Hbond substituents is 1. The van der Waals surface area contributed by atoms with Gasteiger partial charge in [0.05, 0.1) is 16.0 Å². The second-order valence-electron chi connectivity index (χ2n) is 5.55. The third-order valence-corrected chi connectivity index (χ3v) is 3.55. The topological polar surface area (TPSA) is 92.5 Å². The Morgan fingerprint density at radius 1 is 1.26 bits per heavy atom. The van der Waals surface area contributed by atoms with Crippen LogP contribution in [0.1, 0.15) is 19.4 Å². The van der Waals surface area contributed by atoms with E-state index in [1.807, 2.05) is 0 Å². The molecule has 0 saturated heterocycles. The molecule has 120 valence electrons. The summed E-state index contributed by atoms with van der Waals surface area (Å²) < 4.78 is 13.3. The van der Waals surface area contributed by atoms with Crippen molar-refractivity contribution >= 4 is 17.3 Å². The van der Waals surface area contributed by atoms with Gasteiger partial charge < -0.3 is 10.4 Å². The van der Waals surface area contributed by atoms with E-state index in [9.17, 15) is 24.4 Å². The fraction of sp³-hybridized carbons (Fsp3) is 0.188. The van der Waals surface area contributed by atoms with Crippen molar-refractivity contribution in [2.75, 3.05) is 5.32 Å². The molecule has 0 aliphatic rings. The minimum absolute atomic E-state index is 0.0753. The van der Waals surface area contributed by atoms with Gasteiger partial charge in [-0.3, -0.25) is 14.9 Å². The van der Waals surface area contributed by atoms with Crippen molar-refractivity contribution < 1.29 is 19.2 Å². The van der Waals surface area contributed by atoms with E-state index in [1.165, 1.54) is 18.2 Å². The van der Waals surface area contributed by atoms with Crippen molar-refractivity contribution in [1.29, 1.82) is 0 Å². The van der Waals surface area contributed by atoms with Crippen LogP contribution in [-0.2, 0) is 10.2 Å². The second kappa shape index (κ2) is 6.04. The summed E-state index contributed by atoms with van der Waals surface area (Å²) in [7, 11) is 0. The third kappa shape index (κ3) is 3.45. The number of halogens is 1. The molecule has 2 aromatic carbocycles. The van der Waals surface area contributed by atoms with Crippen LogP contribution >= 0.6 is 0 Å². The molecule has 0 aromatic heterocycles. The average molecular weight is 318 g/mol. The van der Waals surface area contributed by atoms with E-state index in [0.717, 1.165) is 18.2 Å². The van der Waals surface area contributed by atoms with Crippen LogP contribution in [0.3, 0.4) is 0 Å². The fourth-order valence-electron chi connectivity index (χ4n) is 2.02. The summed E-state index contributed by atoms with van der Waals surface area (Å²) in [6, 6.07) is 8.93. The molecule has 1 amide bonds. The number of rotatable bonds is 4. The van der Waals surface area contributed by atoms with Crippen molar-refractivity contribution in [2.45, 2.75) is 19.3 Å². The lowest BCUT2D eigenvalue weighted by atomic mass is 9.83. The summed E-state index contributed by atoms with van der Waals surface area (Å²) in [5, 5.41) is 23.0. The van der Waals surface area contributed by atoms with Crippen molar-refractivity contribution in [1.82, 2.24) is 0 Å². The number of nitrogens with zero attached hydrogens (tertiary/aromatic N) is 1. The first-order valence-corrected chi connectivity index (χ1v) is 6.76. The molecule has 0 atom stereocenters. The van der Waals surface area contributed by atoms with Crippen LogP contribution in [0.25, 0.3) is 0 Å². The van der Waals surface area contributed by atoms with Gasteiger partial charge in [0, 0.05) is 12.1 Å². The molecule has 0 unspecified atom stereocenters. The zero-order valence-electron chi connectivity index (χ0n) is 12.5. The monoisotopic (exact) mass is 318 g/mol. The smallest absolute Gasteiger partial charge is 0.271 e. The summed E-state index contributed by atoms with van der Waals surface area (Å²) in [5.74, 6) is -1.29. The number of phenols is 1. The molecular weight excluding hydrogens is 303 g/mol. The van der Waals surface area contributed by atoms with Crippen LogP contribution in [0.5, 0.6) is 5.75 Å². The highest BCUT2D eigenvalue weighted by Gasteiger charge is 2.31. The molecule has 0 heterocycles. The van der Waals surface area contributed by atoms with E-state index in [-0.39, 0.29) is 17.1 Å². The lowest BCUT2D eigenvalue weighted by Crippen LogP contribution is -2.34. The Labute approximate surface area is 131 Å². The third-order valence-electron chi connectivity index (χ3n) is 3.55. The predicted octanol–water partition coefficient (Wildman–Crippen LogP) is 3.36. The van der Waals surface area contributed by atoms with Crippen molar-refractivity contribution in [3.8, 4) is 5.75 Å². The van der Waals surface area contributed by atoms with Gasteiger partial charge >= 0.3 is 0 Å². The van der Waals surface area contributed by atoms with Crippen LogP contribution in [0.15, 0.2) is 42.5 Å². The number of anilines is 1. The number of amides is 1. The quantitative estimate of drug-likeness (QED) is 0.513. The first-order valence-electron chi connectivity index (χ1n) is 6.76. The highest BCUT2D eigenvalue weighted by atomic mass is 19.1. The Morgan fingerprint density at radius 3 is 2.57 bits per heavy atom. The highest BCUT2D eigenvalue weighted by Crippen LogP contribution is 2.31. The van der Waals surface area contributed by atoms with Crippen LogP contribution in [0, 0.1) is 15.9 Å². The van der Waals surface area contributed by atoms with Gasteiger partial charge in [-0.15, -0.1) is 0 Å². The zero-order valence-corrected chi connectivity index (χ0v) is 12.5. The van der Waals surface area contributed by atoms with Crippen LogP contribution < -0.4 is 5.32 Å². The molecule has 0 fully saturated rings. The number of carbonyl (C=O) groups excluding carboxylic acids is 1. The van der Waals surface area contributed by atoms with Gasteiger partial charge in [0.15, 0.2) is 0 Å². The number of hydrogen-bond donors (Lipinski definition) is 2. The maximum atomic E-state index is 13.3. The number of carbonyl (C=O) groups is 1. The molecule has 0 aliphatic heterocycles. The number of aromatic hydroxyl groups is 1. The second-order valence-corrected chi connectivity index (χ2v) is 5.55. The molecule has 7 heteroatoms. The van der Waals surface area contributed by atoms with Gasteiger partial charge in [0.1, 0.15) is 11.6 Å². The normalized spacial score (nSPS) is 11.1. The molecule has 2 N–H and O–H groups in total. The number of nitrogens with one attached hydrogen (secondary N) is 1. The molecule has 23 heavy (non-hydrogen) atoms.